The molecule has 0 spiro atoms. The zero-order valence-electron chi connectivity index (χ0n) is 6.91. The SMILES string of the molecule is C.CC1CCCC(C)(C)C1. The lowest BCUT2D eigenvalue weighted by atomic mass is 9.73. The highest BCUT2D eigenvalue weighted by Gasteiger charge is 2.24. The Kier molecular flexibility index (Phi) is 3.41. The van der Waals surface area contributed by atoms with Crippen LogP contribution >= 0.6 is 0 Å². The molecule has 0 radical (unpaired) electrons. The van der Waals surface area contributed by atoms with Crippen LogP contribution < -0.4 is 0 Å². The van der Waals surface area contributed by atoms with Crippen LogP contribution in [-0.4, -0.2) is 0 Å². The highest BCUT2D eigenvalue weighted by atomic mass is 14.3. The largest absolute Gasteiger partial charge is 0.0776 e. The van der Waals surface area contributed by atoms with Crippen molar-refractivity contribution < 1.29 is 0 Å². The first-order chi connectivity index (χ1) is 4.10. The zero-order chi connectivity index (χ0) is 6.91. The molecule has 0 saturated heterocycles. The fourth-order valence-electron chi connectivity index (χ4n) is 2.08. The lowest BCUT2D eigenvalue weighted by Crippen LogP contribution is -2.20. The molecule has 1 aliphatic rings. The predicted octanol–water partition coefficient (Wildman–Crippen LogP) is 3.86. The van der Waals surface area contributed by atoms with Gasteiger partial charge in [-0.05, 0) is 24.2 Å². The minimum absolute atomic E-state index is 0. The molecule has 1 unspecified atom stereocenters. The molecule has 0 heterocycles. The third-order valence-electron chi connectivity index (χ3n) is 2.45. The van der Waals surface area contributed by atoms with Gasteiger partial charge in [-0.15, -0.1) is 0 Å². The van der Waals surface area contributed by atoms with Crippen LogP contribution in [0.15, 0.2) is 0 Å². The van der Waals surface area contributed by atoms with E-state index in [0.29, 0.717) is 5.41 Å². The molecule has 0 bridgehead atoms. The minimum atomic E-state index is 0. The first-order valence-corrected chi connectivity index (χ1v) is 4.10. The Hall–Kier alpha value is 0. The van der Waals surface area contributed by atoms with Crippen molar-refractivity contribution in [3.63, 3.8) is 0 Å². The van der Waals surface area contributed by atoms with Gasteiger partial charge < -0.3 is 0 Å². The van der Waals surface area contributed by atoms with Gasteiger partial charge in [-0.3, -0.25) is 0 Å². The maximum absolute atomic E-state index is 2.39. The summed E-state index contributed by atoms with van der Waals surface area (Å²) in [6, 6.07) is 0. The quantitative estimate of drug-likeness (QED) is 0.482. The van der Waals surface area contributed by atoms with Crippen LogP contribution in [0.1, 0.15) is 53.9 Å². The third kappa shape index (κ3) is 2.72. The smallest absolute Gasteiger partial charge is 0.0352 e. The fraction of sp³-hybridized carbons (Fsp3) is 1.00. The maximum Gasteiger partial charge on any atom is -0.0352 e. The van der Waals surface area contributed by atoms with E-state index in [-0.39, 0.29) is 7.43 Å². The van der Waals surface area contributed by atoms with Crippen molar-refractivity contribution in [1.82, 2.24) is 0 Å². The van der Waals surface area contributed by atoms with Gasteiger partial charge in [0.25, 0.3) is 0 Å². The lowest BCUT2D eigenvalue weighted by Gasteiger charge is -2.33. The first kappa shape index (κ1) is 10.0. The molecule has 1 saturated carbocycles. The van der Waals surface area contributed by atoms with Crippen molar-refractivity contribution in [2.45, 2.75) is 53.9 Å². The molecule has 0 aromatic carbocycles. The molecule has 0 nitrogen and oxygen atoms in total. The Morgan fingerprint density at radius 2 is 1.90 bits per heavy atom. The van der Waals surface area contributed by atoms with Gasteiger partial charge in [0.05, 0.1) is 0 Å². The summed E-state index contributed by atoms with van der Waals surface area (Å²) in [5.74, 6) is 0.980. The Morgan fingerprint density at radius 3 is 2.20 bits per heavy atom. The summed E-state index contributed by atoms with van der Waals surface area (Å²) in [4.78, 5) is 0. The van der Waals surface area contributed by atoms with Crippen molar-refractivity contribution >= 4 is 0 Å². The van der Waals surface area contributed by atoms with Gasteiger partial charge in [0.2, 0.25) is 0 Å². The van der Waals surface area contributed by atoms with Crippen LogP contribution in [-0.2, 0) is 0 Å². The second kappa shape index (κ2) is 3.41. The Bertz CT molecular complexity index is 92.2. The second-order valence-corrected chi connectivity index (χ2v) is 4.37. The molecular formula is C10H22. The van der Waals surface area contributed by atoms with Crippen LogP contribution in [0, 0.1) is 11.3 Å². The minimum Gasteiger partial charge on any atom is -0.0776 e. The van der Waals surface area contributed by atoms with E-state index >= 15 is 0 Å². The second-order valence-electron chi connectivity index (χ2n) is 4.37. The summed E-state index contributed by atoms with van der Waals surface area (Å²) in [6.45, 7) is 7.16. The highest BCUT2D eigenvalue weighted by molar-refractivity contribution is 4.76. The molecule has 0 heteroatoms. The van der Waals surface area contributed by atoms with E-state index < -0.39 is 0 Å². The van der Waals surface area contributed by atoms with Crippen LogP contribution in [0.5, 0.6) is 0 Å². The molecule has 0 aromatic heterocycles. The summed E-state index contributed by atoms with van der Waals surface area (Å²) in [6.07, 6.45) is 5.79. The average Bonchev–Trinajstić information content (AvgIpc) is 1.60. The number of hydrogen-bond donors (Lipinski definition) is 0. The Balaban J connectivity index is 0.000000810. The molecule has 1 aliphatic carbocycles. The maximum atomic E-state index is 2.39. The van der Waals surface area contributed by atoms with E-state index in [9.17, 15) is 0 Å². The summed E-state index contributed by atoms with van der Waals surface area (Å²) < 4.78 is 0. The van der Waals surface area contributed by atoms with E-state index in [2.05, 4.69) is 20.8 Å². The zero-order valence-corrected chi connectivity index (χ0v) is 6.91. The van der Waals surface area contributed by atoms with Crippen molar-refractivity contribution in [1.29, 1.82) is 0 Å². The van der Waals surface area contributed by atoms with E-state index in [0.717, 1.165) is 5.92 Å². The van der Waals surface area contributed by atoms with E-state index in [1.807, 2.05) is 0 Å². The summed E-state index contributed by atoms with van der Waals surface area (Å²) >= 11 is 0. The average molecular weight is 142 g/mol. The van der Waals surface area contributed by atoms with Gasteiger partial charge in [0.15, 0.2) is 0 Å². The van der Waals surface area contributed by atoms with Crippen LogP contribution in [0.3, 0.4) is 0 Å². The molecule has 10 heavy (non-hydrogen) atoms. The third-order valence-corrected chi connectivity index (χ3v) is 2.45. The van der Waals surface area contributed by atoms with E-state index in [1.54, 1.807) is 0 Å². The molecule has 1 rings (SSSR count). The van der Waals surface area contributed by atoms with Crippen LogP contribution in [0.2, 0.25) is 0 Å². The lowest BCUT2D eigenvalue weighted by molar-refractivity contribution is 0.191. The molecular weight excluding hydrogens is 120 g/mol. The topological polar surface area (TPSA) is 0 Å². The first-order valence-electron chi connectivity index (χ1n) is 4.10. The van der Waals surface area contributed by atoms with Crippen LogP contribution in [0.25, 0.3) is 0 Å². The van der Waals surface area contributed by atoms with Gasteiger partial charge in [-0.1, -0.05) is 41.0 Å². The van der Waals surface area contributed by atoms with E-state index in [4.69, 9.17) is 0 Å². The van der Waals surface area contributed by atoms with Gasteiger partial charge in [0, 0.05) is 0 Å². The molecule has 0 N–H and O–H groups in total. The summed E-state index contributed by atoms with van der Waals surface area (Å²) in [5.41, 5.74) is 0.650. The molecule has 62 valence electrons. The van der Waals surface area contributed by atoms with Gasteiger partial charge >= 0.3 is 0 Å². The fourth-order valence-corrected chi connectivity index (χ4v) is 2.08. The standard InChI is InChI=1S/C9H18.CH4/c1-8-5-4-6-9(2,3)7-8;/h8H,4-7H2,1-3H3;1H4. The summed E-state index contributed by atoms with van der Waals surface area (Å²) in [7, 11) is 0. The molecule has 1 fully saturated rings. The van der Waals surface area contributed by atoms with Crippen LogP contribution in [0.4, 0.5) is 0 Å². The summed E-state index contributed by atoms with van der Waals surface area (Å²) in [5, 5.41) is 0. The number of rotatable bonds is 0. The Labute approximate surface area is 66.0 Å². The molecule has 0 aromatic rings. The molecule has 1 atom stereocenters. The highest BCUT2D eigenvalue weighted by Crippen LogP contribution is 2.37. The van der Waals surface area contributed by atoms with Crippen molar-refractivity contribution in [3.8, 4) is 0 Å². The van der Waals surface area contributed by atoms with Crippen molar-refractivity contribution in [3.05, 3.63) is 0 Å². The van der Waals surface area contributed by atoms with Gasteiger partial charge in [-0.2, -0.15) is 0 Å². The van der Waals surface area contributed by atoms with Crippen molar-refractivity contribution in [2.75, 3.05) is 0 Å². The van der Waals surface area contributed by atoms with Gasteiger partial charge in [0.1, 0.15) is 0 Å². The normalized spacial score (nSPS) is 30.9. The van der Waals surface area contributed by atoms with Crippen molar-refractivity contribution in [2.24, 2.45) is 11.3 Å². The van der Waals surface area contributed by atoms with Gasteiger partial charge in [-0.25, -0.2) is 0 Å². The monoisotopic (exact) mass is 142 g/mol. The van der Waals surface area contributed by atoms with E-state index in [1.165, 1.54) is 25.7 Å². The molecule has 0 amide bonds. The Morgan fingerprint density at radius 1 is 1.30 bits per heavy atom. The number of hydrogen-bond acceptors (Lipinski definition) is 0. The molecule has 0 aliphatic heterocycles. The predicted molar refractivity (Wildman–Crippen MR) is 48.1 cm³/mol.